The maximum Gasteiger partial charge on any atom is 0.277 e. The van der Waals surface area contributed by atoms with Crippen LogP contribution in [-0.4, -0.2) is 26.2 Å². The lowest BCUT2D eigenvalue weighted by molar-refractivity contribution is 0.340. The van der Waals surface area contributed by atoms with E-state index >= 15 is 0 Å². The number of hydrogen-bond donors (Lipinski definition) is 0. The summed E-state index contributed by atoms with van der Waals surface area (Å²) in [5.41, 5.74) is 1.77. The molecule has 0 aliphatic carbocycles. The smallest absolute Gasteiger partial charge is 0.277 e. The molecular weight excluding hydrogens is 400 g/mol. The van der Waals surface area contributed by atoms with Crippen LogP contribution in [0.15, 0.2) is 63.1 Å². The van der Waals surface area contributed by atoms with Crippen molar-refractivity contribution in [3.05, 3.63) is 69.7 Å². The Morgan fingerprint density at radius 3 is 2.79 bits per heavy atom. The molecule has 0 atom stereocenters. The fourth-order valence-corrected chi connectivity index (χ4v) is 3.40. The van der Waals surface area contributed by atoms with Crippen LogP contribution in [0, 0.1) is 0 Å². The summed E-state index contributed by atoms with van der Waals surface area (Å²) in [5, 5.41) is 9.00. The number of rotatable bonds is 6. The molecule has 0 saturated heterocycles. The number of fused-ring (bicyclic) bond motifs is 1. The van der Waals surface area contributed by atoms with Crippen LogP contribution in [0.1, 0.15) is 12.6 Å². The first-order valence-electron chi connectivity index (χ1n) is 8.50. The van der Waals surface area contributed by atoms with E-state index in [2.05, 4.69) is 15.2 Å². The Labute approximate surface area is 169 Å². The Bertz CT molecular complexity index is 1170. The molecular formula is C19H15ClN4O3S. The molecule has 3 heterocycles. The van der Waals surface area contributed by atoms with Crippen molar-refractivity contribution in [1.29, 1.82) is 0 Å². The third kappa shape index (κ3) is 4.02. The minimum atomic E-state index is -0.191. The van der Waals surface area contributed by atoms with Crippen molar-refractivity contribution in [1.82, 2.24) is 19.6 Å². The lowest BCUT2D eigenvalue weighted by Gasteiger charge is -2.03. The topological polar surface area (TPSA) is 82.5 Å². The quantitative estimate of drug-likeness (QED) is 0.439. The average Bonchev–Trinajstić information content (AvgIpc) is 3.17. The summed E-state index contributed by atoms with van der Waals surface area (Å²) in [6.45, 7) is 2.55. The molecule has 0 fully saturated rings. The van der Waals surface area contributed by atoms with Gasteiger partial charge in [0, 0.05) is 23.6 Å². The van der Waals surface area contributed by atoms with Gasteiger partial charge in [0.1, 0.15) is 11.4 Å². The molecule has 7 nitrogen and oxygen atoms in total. The molecule has 0 aliphatic rings. The third-order valence-corrected chi connectivity index (χ3v) is 4.91. The molecule has 0 unspecified atom stereocenters. The zero-order valence-corrected chi connectivity index (χ0v) is 16.4. The maximum atomic E-state index is 12.2. The number of halogens is 1. The summed E-state index contributed by atoms with van der Waals surface area (Å²) < 4.78 is 12.5. The Morgan fingerprint density at radius 1 is 1.18 bits per heavy atom. The van der Waals surface area contributed by atoms with Crippen molar-refractivity contribution >= 4 is 29.0 Å². The summed E-state index contributed by atoms with van der Waals surface area (Å²) in [6.07, 6.45) is 1.55. The minimum Gasteiger partial charge on any atom is -0.494 e. The predicted molar refractivity (Wildman–Crippen MR) is 107 cm³/mol. The molecule has 142 valence electrons. The van der Waals surface area contributed by atoms with E-state index in [-0.39, 0.29) is 5.56 Å². The van der Waals surface area contributed by atoms with Gasteiger partial charge in [0.2, 0.25) is 5.89 Å². The van der Waals surface area contributed by atoms with E-state index in [1.165, 1.54) is 22.2 Å². The summed E-state index contributed by atoms with van der Waals surface area (Å²) in [4.78, 5) is 16.7. The zero-order chi connectivity index (χ0) is 19.5. The van der Waals surface area contributed by atoms with Crippen LogP contribution in [0.2, 0.25) is 5.02 Å². The van der Waals surface area contributed by atoms with E-state index in [4.69, 9.17) is 20.8 Å². The first-order valence-corrected chi connectivity index (χ1v) is 9.86. The molecule has 9 heteroatoms. The monoisotopic (exact) mass is 414 g/mol. The van der Waals surface area contributed by atoms with Crippen molar-refractivity contribution in [3.63, 3.8) is 0 Å². The van der Waals surface area contributed by atoms with E-state index in [1.54, 1.807) is 18.3 Å². The highest BCUT2D eigenvalue weighted by atomic mass is 35.5. The molecule has 0 N–H and O–H groups in total. The highest BCUT2D eigenvalue weighted by Gasteiger charge is 2.11. The number of ether oxygens (including phenoxy) is 1. The molecule has 0 aliphatic heterocycles. The Balaban J connectivity index is 1.48. The van der Waals surface area contributed by atoms with Gasteiger partial charge in [-0.2, -0.15) is 0 Å². The Kier molecular flexibility index (Phi) is 5.31. The van der Waals surface area contributed by atoms with Gasteiger partial charge in [0.15, 0.2) is 0 Å². The largest absolute Gasteiger partial charge is 0.494 e. The molecule has 4 rings (SSSR count). The number of thioether (sulfide) groups is 1. The summed E-state index contributed by atoms with van der Waals surface area (Å²) in [7, 11) is 0. The normalized spacial score (nSPS) is 11.1. The average molecular weight is 415 g/mol. The molecule has 28 heavy (non-hydrogen) atoms. The molecule has 0 amide bonds. The first-order chi connectivity index (χ1) is 13.6. The second kappa shape index (κ2) is 8.04. The van der Waals surface area contributed by atoms with Crippen LogP contribution >= 0.6 is 23.4 Å². The molecule has 0 spiro atoms. The Hall–Kier alpha value is -2.84. The lowest BCUT2D eigenvalue weighted by atomic mass is 10.2. The molecule has 1 aromatic carbocycles. The molecule has 0 radical (unpaired) electrons. The zero-order valence-electron chi connectivity index (χ0n) is 14.8. The highest BCUT2D eigenvalue weighted by Crippen LogP contribution is 2.26. The minimum absolute atomic E-state index is 0.191. The number of pyridine rings is 1. The van der Waals surface area contributed by atoms with Gasteiger partial charge < -0.3 is 9.15 Å². The Morgan fingerprint density at radius 2 is 2.00 bits per heavy atom. The maximum absolute atomic E-state index is 12.2. The van der Waals surface area contributed by atoms with Gasteiger partial charge in [-0.25, -0.2) is 4.98 Å². The van der Waals surface area contributed by atoms with Crippen LogP contribution in [-0.2, 0) is 5.75 Å². The second-order valence-corrected chi connectivity index (χ2v) is 7.14. The van der Waals surface area contributed by atoms with Crippen LogP contribution in [0.5, 0.6) is 5.75 Å². The fraction of sp³-hybridized carbons (Fsp3) is 0.158. The van der Waals surface area contributed by atoms with Crippen LogP contribution in [0.25, 0.3) is 17.1 Å². The first kappa shape index (κ1) is 18.5. The summed E-state index contributed by atoms with van der Waals surface area (Å²) in [6, 6.07) is 12.3. The SMILES string of the molecule is CCOc1ccc(-c2nnc(SCc3cc(=O)n4cc(Cl)ccc4n3)o2)cc1. The third-order valence-electron chi connectivity index (χ3n) is 3.84. The number of nitrogens with zero attached hydrogens (tertiary/aromatic N) is 4. The van der Waals surface area contributed by atoms with E-state index in [0.29, 0.717) is 39.8 Å². The van der Waals surface area contributed by atoms with E-state index in [1.807, 2.05) is 31.2 Å². The van der Waals surface area contributed by atoms with Gasteiger partial charge in [-0.1, -0.05) is 23.4 Å². The van der Waals surface area contributed by atoms with Crippen LogP contribution < -0.4 is 10.3 Å². The lowest BCUT2D eigenvalue weighted by Crippen LogP contribution is -2.15. The van der Waals surface area contributed by atoms with Crippen molar-refractivity contribution in [2.75, 3.05) is 6.61 Å². The fourth-order valence-electron chi connectivity index (χ4n) is 2.58. The van der Waals surface area contributed by atoms with E-state index in [9.17, 15) is 4.79 Å². The van der Waals surface area contributed by atoms with Gasteiger partial charge in [0.25, 0.3) is 10.8 Å². The van der Waals surface area contributed by atoms with Crippen LogP contribution in [0.3, 0.4) is 0 Å². The molecule has 0 bridgehead atoms. The summed E-state index contributed by atoms with van der Waals surface area (Å²) in [5.74, 6) is 1.64. The molecule has 0 saturated carbocycles. The summed E-state index contributed by atoms with van der Waals surface area (Å²) >= 11 is 7.24. The highest BCUT2D eigenvalue weighted by molar-refractivity contribution is 7.98. The van der Waals surface area contributed by atoms with Crippen LogP contribution in [0.4, 0.5) is 0 Å². The van der Waals surface area contributed by atoms with Gasteiger partial charge >= 0.3 is 0 Å². The van der Waals surface area contributed by atoms with Gasteiger partial charge in [0.05, 0.1) is 17.3 Å². The van der Waals surface area contributed by atoms with Gasteiger partial charge in [-0.15, -0.1) is 10.2 Å². The molecule has 3 aromatic heterocycles. The molecule has 4 aromatic rings. The van der Waals surface area contributed by atoms with Gasteiger partial charge in [-0.05, 0) is 43.3 Å². The van der Waals surface area contributed by atoms with E-state index in [0.717, 1.165) is 11.3 Å². The van der Waals surface area contributed by atoms with Crippen molar-refractivity contribution in [2.24, 2.45) is 0 Å². The standard InChI is InChI=1S/C19H15ClN4O3S/c1-2-26-15-6-3-12(4-7-15)18-22-23-19(27-18)28-11-14-9-17(25)24-10-13(20)5-8-16(24)21-14/h3-10H,2,11H2,1H3. The number of benzene rings is 1. The number of aromatic nitrogens is 4. The van der Waals surface area contributed by atoms with Crippen molar-refractivity contribution in [2.45, 2.75) is 17.9 Å². The number of hydrogen-bond acceptors (Lipinski definition) is 7. The van der Waals surface area contributed by atoms with Crippen molar-refractivity contribution < 1.29 is 9.15 Å². The second-order valence-electron chi connectivity index (χ2n) is 5.78. The predicted octanol–water partition coefficient (Wildman–Crippen LogP) is 4.09. The van der Waals surface area contributed by atoms with Gasteiger partial charge in [-0.3, -0.25) is 9.20 Å². The van der Waals surface area contributed by atoms with Crippen molar-refractivity contribution in [3.8, 4) is 17.2 Å². The van der Waals surface area contributed by atoms with E-state index < -0.39 is 0 Å².